The predicted molar refractivity (Wildman–Crippen MR) is 69.8 cm³/mol. The SMILES string of the molecule is S=c1[nH]nc(-c2ccccn2)n1-c1ccccn1. The molecule has 0 amide bonds. The van der Waals surface area contributed by atoms with Crippen molar-refractivity contribution in [3.63, 3.8) is 0 Å². The van der Waals surface area contributed by atoms with Gasteiger partial charge in [-0.3, -0.25) is 14.6 Å². The summed E-state index contributed by atoms with van der Waals surface area (Å²) in [7, 11) is 0. The monoisotopic (exact) mass is 255 g/mol. The van der Waals surface area contributed by atoms with Crippen LogP contribution in [-0.4, -0.2) is 24.7 Å². The van der Waals surface area contributed by atoms with Crippen molar-refractivity contribution < 1.29 is 0 Å². The van der Waals surface area contributed by atoms with Crippen LogP contribution in [0.2, 0.25) is 0 Å². The Morgan fingerprint density at radius 1 is 1.00 bits per heavy atom. The molecule has 0 aliphatic rings. The highest BCUT2D eigenvalue weighted by Gasteiger charge is 2.11. The number of hydrogen-bond donors (Lipinski definition) is 1. The number of hydrogen-bond acceptors (Lipinski definition) is 4. The number of rotatable bonds is 2. The summed E-state index contributed by atoms with van der Waals surface area (Å²) in [6.45, 7) is 0. The molecule has 1 N–H and O–H groups in total. The molecule has 5 nitrogen and oxygen atoms in total. The lowest BCUT2D eigenvalue weighted by Crippen LogP contribution is -2.00. The summed E-state index contributed by atoms with van der Waals surface area (Å²) in [5.74, 6) is 1.37. The second-order valence-corrected chi connectivity index (χ2v) is 3.98. The molecule has 0 aromatic carbocycles. The molecule has 0 spiro atoms. The van der Waals surface area contributed by atoms with Gasteiger partial charge in [0.15, 0.2) is 5.82 Å². The number of aromatic nitrogens is 5. The Labute approximate surface area is 108 Å². The molecule has 3 heterocycles. The minimum absolute atomic E-state index is 0.495. The lowest BCUT2D eigenvalue weighted by atomic mass is 10.3. The summed E-state index contributed by atoms with van der Waals surface area (Å²) in [4.78, 5) is 8.55. The Bertz CT molecular complexity index is 702. The molecule has 0 aliphatic heterocycles. The molecule has 0 bridgehead atoms. The third kappa shape index (κ3) is 1.82. The highest BCUT2D eigenvalue weighted by atomic mass is 32.1. The minimum atomic E-state index is 0.495. The number of aromatic amines is 1. The van der Waals surface area contributed by atoms with Crippen LogP contribution in [0, 0.1) is 4.77 Å². The molecule has 88 valence electrons. The van der Waals surface area contributed by atoms with Crippen LogP contribution in [0.1, 0.15) is 0 Å². The smallest absolute Gasteiger partial charge is 0.201 e. The lowest BCUT2D eigenvalue weighted by molar-refractivity contribution is 0.975. The van der Waals surface area contributed by atoms with E-state index in [0.717, 1.165) is 11.5 Å². The lowest BCUT2D eigenvalue weighted by Gasteiger charge is -2.04. The number of nitrogens with zero attached hydrogens (tertiary/aromatic N) is 4. The Morgan fingerprint density at radius 3 is 2.44 bits per heavy atom. The standard InChI is InChI=1S/C12H9N5S/c18-12-16-15-11(9-5-1-3-7-13-9)17(12)10-6-2-4-8-14-10/h1-8H,(H,16,18). The molecule has 0 radical (unpaired) electrons. The number of H-pyrrole nitrogens is 1. The van der Waals surface area contributed by atoms with E-state index in [9.17, 15) is 0 Å². The van der Waals surface area contributed by atoms with Gasteiger partial charge in [0.1, 0.15) is 11.5 Å². The zero-order valence-electron chi connectivity index (χ0n) is 9.32. The van der Waals surface area contributed by atoms with Crippen molar-refractivity contribution in [3.05, 3.63) is 53.6 Å². The van der Waals surface area contributed by atoms with Gasteiger partial charge in [0.2, 0.25) is 4.77 Å². The molecular formula is C12H9N5S. The third-order valence-electron chi connectivity index (χ3n) is 2.44. The van der Waals surface area contributed by atoms with E-state index in [0.29, 0.717) is 10.6 Å². The molecule has 3 aromatic rings. The van der Waals surface area contributed by atoms with Gasteiger partial charge < -0.3 is 0 Å². The van der Waals surface area contributed by atoms with E-state index < -0.39 is 0 Å². The van der Waals surface area contributed by atoms with Gasteiger partial charge in [-0.05, 0) is 36.5 Å². The van der Waals surface area contributed by atoms with Crippen LogP contribution in [-0.2, 0) is 0 Å². The van der Waals surface area contributed by atoms with Crippen LogP contribution in [0.25, 0.3) is 17.3 Å². The second kappa shape index (κ2) is 4.50. The molecule has 3 aromatic heterocycles. The van der Waals surface area contributed by atoms with Crippen molar-refractivity contribution in [2.24, 2.45) is 0 Å². The van der Waals surface area contributed by atoms with Crippen LogP contribution in [0.5, 0.6) is 0 Å². The first kappa shape index (κ1) is 10.8. The Hall–Kier alpha value is -2.34. The van der Waals surface area contributed by atoms with Gasteiger partial charge in [0.05, 0.1) is 0 Å². The second-order valence-electron chi connectivity index (χ2n) is 3.59. The normalized spacial score (nSPS) is 10.4. The molecule has 3 rings (SSSR count). The van der Waals surface area contributed by atoms with E-state index in [-0.39, 0.29) is 0 Å². The Kier molecular flexibility index (Phi) is 2.70. The minimum Gasteiger partial charge on any atom is -0.253 e. The van der Waals surface area contributed by atoms with Gasteiger partial charge in [0, 0.05) is 12.4 Å². The van der Waals surface area contributed by atoms with E-state index in [1.54, 1.807) is 17.0 Å². The molecule has 6 heteroatoms. The maximum Gasteiger partial charge on any atom is 0.201 e. The molecule has 18 heavy (non-hydrogen) atoms. The van der Waals surface area contributed by atoms with Crippen LogP contribution in [0.15, 0.2) is 48.8 Å². The summed E-state index contributed by atoms with van der Waals surface area (Å²) in [6.07, 6.45) is 3.43. The first-order valence-corrected chi connectivity index (χ1v) is 5.77. The van der Waals surface area contributed by atoms with Crippen molar-refractivity contribution >= 4 is 12.2 Å². The van der Waals surface area contributed by atoms with Gasteiger partial charge in [0.25, 0.3) is 0 Å². The van der Waals surface area contributed by atoms with Crippen molar-refractivity contribution in [2.75, 3.05) is 0 Å². The molecule has 0 saturated heterocycles. The zero-order valence-corrected chi connectivity index (χ0v) is 10.1. The largest absolute Gasteiger partial charge is 0.253 e. The summed E-state index contributed by atoms with van der Waals surface area (Å²) in [5, 5.41) is 6.98. The van der Waals surface area contributed by atoms with Crippen LogP contribution in [0.4, 0.5) is 0 Å². The third-order valence-corrected chi connectivity index (χ3v) is 2.72. The maximum absolute atomic E-state index is 5.23. The number of pyridine rings is 2. The van der Waals surface area contributed by atoms with Crippen molar-refractivity contribution in [1.29, 1.82) is 0 Å². The van der Waals surface area contributed by atoms with E-state index in [4.69, 9.17) is 12.2 Å². The average molecular weight is 255 g/mol. The topological polar surface area (TPSA) is 59.4 Å². The Balaban J connectivity index is 2.23. The zero-order chi connectivity index (χ0) is 12.4. The van der Waals surface area contributed by atoms with Gasteiger partial charge >= 0.3 is 0 Å². The van der Waals surface area contributed by atoms with E-state index in [2.05, 4.69) is 20.2 Å². The van der Waals surface area contributed by atoms with Crippen molar-refractivity contribution in [1.82, 2.24) is 24.7 Å². The van der Waals surface area contributed by atoms with Crippen LogP contribution in [0.3, 0.4) is 0 Å². The Morgan fingerprint density at radius 2 is 1.78 bits per heavy atom. The molecule has 0 atom stereocenters. The molecule has 0 saturated carbocycles. The highest BCUT2D eigenvalue weighted by molar-refractivity contribution is 7.71. The van der Waals surface area contributed by atoms with Crippen LogP contribution >= 0.6 is 12.2 Å². The average Bonchev–Trinajstić information content (AvgIpc) is 2.83. The van der Waals surface area contributed by atoms with Gasteiger partial charge in [-0.25, -0.2) is 4.98 Å². The fourth-order valence-corrected chi connectivity index (χ4v) is 1.89. The molecule has 0 aliphatic carbocycles. The fraction of sp³-hybridized carbons (Fsp3) is 0. The van der Waals surface area contributed by atoms with Gasteiger partial charge in [-0.2, -0.15) is 5.10 Å². The predicted octanol–water partition coefficient (Wildman–Crippen LogP) is 2.39. The van der Waals surface area contributed by atoms with Gasteiger partial charge in [-0.15, -0.1) is 0 Å². The van der Waals surface area contributed by atoms with E-state index in [1.807, 2.05) is 36.4 Å². The van der Waals surface area contributed by atoms with Gasteiger partial charge in [-0.1, -0.05) is 12.1 Å². The van der Waals surface area contributed by atoms with Crippen LogP contribution < -0.4 is 0 Å². The fourth-order valence-electron chi connectivity index (χ4n) is 1.66. The van der Waals surface area contributed by atoms with Crippen molar-refractivity contribution in [3.8, 4) is 17.3 Å². The quantitative estimate of drug-likeness (QED) is 0.714. The summed E-state index contributed by atoms with van der Waals surface area (Å²) >= 11 is 5.23. The summed E-state index contributed by atoms with van der Waals surface area (Å²) < 4.78 is 2.26. The first-order chi connectivity index (χ1) is 8.86. The molecule has 0 unspecified atom stereocenters. The first-order valence-electron chi connectivity index (χ1n) is 5.36. The summed E-state index contributed by atoms with van der Waals surface area (Å²) in [6, 6.07) is 11.3. The molecule has 0 fully saturated rings. The summed E-state index contributed by atoms with van der Waals surface area (Å²) in [5.41, 5.74) is 0.746. The van der Waals surface area contributed by atoms with E-state index in [1.165, 1.54) is 0 Å². The van der Waals surface area contributed by atoms with Crippen molar-refractivity contribution in [2.45, 2.75) is 0 Å². The van der Waals surface area contributed by atoms with E-state index >= 15 is 0 Å². The maximum atomic E-state index is 5.23. The molecular weight excluding hydrogens is 246 g/mol. The highest BCUT2D eigenvalue weighted by Crippen LogP contribution is 2.17. The number of nitrogens with one attached hydrogen (secondary N) is 1.